The number of carbonyl (C=O) groups is 1. The van der Waals surface area contributed by atoms with E-state index in [1.807, 2.05) is 19.1 Å². The molecule has 2 aromatic rings. The molecule has 2 rings (SSSR count). The smallest absolute Gasteiger partial charge is 0.251 e. The average molecular weight is 304 g/mol. The first-order valence-electron chi connectivity index (χ1n) is 7.01. The highest BCUT2D eigenvalue weighted by Gasteiger charge is 2.13. The lowest BCUT2D eigenvalue weighted by molar-refractivity contribution is -0.121. The van der Waals surface area contributed by atoms with E-state index in [4.69, 9.17) is 9.47 Å². The zero-order chi connectivity index (χ0) is 16.1. The van der Waals surface area contributed by atoms with Gasteiger partial charge < -0.3 is 14.8 Å². The SMILES string of the molecule is COCCNC(=O)Cn1c(=O)cc(C)c2cccc(OC)c21. The molecule has 6 nitrogen and oxygen atoms in total. The van der Waals surface area contributed by atoms with Crippen molar-refractivity contribution in [1.29, 1.82) is 0 Å². The maximum absolute atomic E-state index is 12.3. The normalized spacial score (nSPS) is 10.7. The summed E-state index contributed by atoms with van der Waals surface area (Å²) in [7, 11) is 3.11. The van der Waals surface area contributed by atoms with Gasteiger partial charge in [-0.25, -0.2) is 0 Å². The summed E-state index contributed by atoms with van der Waals surface area (Å²) in [5.41, 5.74) is 1.27. The molecule has 0 atom stereocenters. The van der Waals surface area contributed by atoms with Gasteiger partial charge in [0, 0.05) is 25.1 Å². The van der Waals surface area contributed by atoms with E-state index >= 15 is 0 Å². The second-order valence-corrected chi connectivity index (χ2v) is 4.95. The number of nitrogens with one attached hydrogen (secondary N) is 1. The van der Waals surface area contributed by atoms with Gasteiger partial charge in [0.15, 0.2) is 0 Å². The van der Waals surface area contributed by atoms with Crippen LogP contribution in [0.3, 0.4) is 0 Å². The molecule has 1 aromatic heterocycles. The van der Waals surface area contributed by atoms with Crippen LogP contribution in [-0.2, 0) is 16.1 Å². The van der Waals surface area contributed by atoms with Gasteiger partial charge in [-0.3, -0.25) is 14.2 Å². The average Bonchev–Trinajstić information content (AvgIpc) is 2.51. The maximum Gasteiger partial charge on any atom is 0.251 e. The Labute approximate surface area is 128 Å². The van der Waals surface area contributed by atoms with Crippen LogP contribution in [0.15, 0.2) is 29.1 Å². The number of para-hydroxylation sites is 1. The largest absolute Gasteiger partial charge is 0.495 e. The molecule has 0 saturated heterocycles. The molecule has 0 aliphatic heterocycles. The van der Waals surface area contributed by atoms with Crippen LogP contribution in [0.5, 0.6) is 5.75 Å². The molecule has 0 radical (unpaired) electrons. The summed E-state index contributed by atoms with van der Waals surface area (Å²) in [5.74, 6) is 0.332. The lowest BCUT2D eigenvalue weighted by atomic mass is 10.1. The van der Waals surface area contributed by atoms with Crippen LogP contribution in [0.2, 0.25) is 0 Å². The number of carbonyl (C=O) groups excluding carboxylic acids is 1. The molecule has 6 heteroatoms. The van der Waals surface area contributed by atoms with Crippen molar-refractivity contribution in [2.45, 2.75) is 13.5 Å². The van der Waals surface area contributed by atoms with Gasteiger partial charge in [-0.05, 0) is 18.6 Å². The number of fused-ring (bicyclic) bond motifs is 1. The van der Waals surface area contributed by atoms with Gasteiger partial charge in [0.2, 0.25) is 5.91 Å². The van der Waals surface area contributed by atoms with E-state index in [9.17, 15) is 9.59 Å². The number of pyridine rings is 1. The summed E-state index contributed by atoms with van der Waals surface area (Å²) in [6, 6.07) is 7.08. The van der Waals surface area contributed by atoms with E-state index in [0.717, 1.165) is 10.9 Å². The first-order valence-corrected chi connectivity index (χ1v) is 7.01. The Morgan fingerprint density at radius 1 is 1.32 bits per heavy atom. The summed E-state index contributed by atoms with van der Waals surface area (Å²) >= 11 is 0. The van der Waals surface area contributed by atoms with E-state index in [1.54, 1.807) is 20.3 Å². The van der Waals surface area contributed by atoms with Gasteiger partial charge in [-0.2, -0.15) is 0 Å². The molecule has 0 aliphatic rings. The Kier molecular flexibility index (Phi) is 5.16. The number of hydrogen-bond donors (Lipinski definition) is 1. The fraction of sp³-hybridized carbons (Fsp3) is 0.375. The van der Waals surface area contributed by atoms with E-state index in [1.165, 1.54) is 10.6 Å². The molecule has 1 amide bonds. The van der Waals surface area contributed by atoms with Crippen molar-refractivity contribution in [3.8, 4) is 5.75 Å². The molecule has 0 bridgehead atoms. The summed E-state index contributed by atoms with van der Waals surface area (Å²) in [6.45, 7) is 2.65. The molecule has 0 fully saturated rings. The number of benzene rings is 1. The first kappa shape index (κ1) is 16.0. The number of aromatic nitrogens is 1. The minimum Gasteiger partial charge on any atom is -0.495 e. The predicted molar refractivity (Wildman–Crippen MR) is 84.4 cm³/mol. The fourth-order valence-corrected chi connectivity index (χ4v) is 2.38. The highest BCUT2D eigenvalue weighted by molar-refractivity contribution is 5.89. The monoisotopic (exact) mass is 304 g/mol. The Morgan fingerprint density at radius 2 is 2.09 bits per heavy atom. The topological polar surface area (TPSA) is 69.6 Å². The Hall–Kier alpha value is -2.34. The van der Waals surface area contributed by atoms with Gasteiger partial charge in [0.25, 0.3) is 5.56 Å². The maximum atomic E-state index is 12.3. The van der Waals surface area contributed by atoms with Gasteiger partial charge in [-0.15, -0.1) is 0 Å². The standard InChI is InChI=1S/C16H20N2O4/c1-11-9-15(20)18(10-14(19)17-7-8-21-2)16-12(11)5-4-6-13(16)22-3/h4-6,9H,7-8,10H2,1-3H3,(H,17,19). The zero-order valence-electron chi connectivity index (χ0n) is 13.0. The number of methoxy groups -OCH3 is 2. The Bertz CT molecular complexity index is 737. The van der Waals surface area contributed by atoms with Crippen molar-refractivity contribution in [1.82, 2.24) is 9.88 Å². The minimum atomic E-state index is -0.241. The van der Waals surface area contributed by atoms with E-state index < -0.39 is 0 Å². The lowest BCUT2D eigenvalue weighted by Gasteiger charge is -2.14. The highest BCUT2D eigenvalue weighted by Crippen LogP contribution is 2.26. The lowest BCUT2D eigenvalue weighted by Crippen LogP contribution is -2.34. The second kappa shape index (κ2) is 7.09. The molecule has 1 aromatic carbocycles. The molecular weight excluding hydrogens is 284 g/mol. The van der Waals surface area contributed by atoms with Crippen LogP contribution in [0.25, 0.3) is 10.9 Å². The third-order valence-corrected chi connectivity index (χ3v) is 3.45. The van der Waals surface area contributed by atoms with Crippen molar-refractivity contribution in [3.05, 3.63) is 40.2 Å². The van der Waals surface area contributed by atoms with E-state index in [0.29, 0.717) is 24.4 Å². The zero-order valence-corrected chi connectivity index (χ0v) is 13.0. The number of ether oxygens (including phenoxy) is 2. The molecule has 0 saturated carbocycles. The van der Waals surface area contributed by atoms with Crippen molar-refractivity contribution in [3.63, 3.8) is 0 Å². The van der Waals surface area contributed by atoms with Crippen LogP contribution in [0.4, 0.5) is 0 Å². The molecule has 1 N–H and O–H groups in total. The number of hydrogen-bond acceptors (Lipinski definition) is 4. The second-order valence-electron chi connectivity index (χ2n) is 4.95. The summed E-state index contributed by atoms with van der Waals surface area (Å²) in [6.07, 6.45) is 0. The molecule has 0 spiro atoms. The van der Waals surface area contributed by atoms with Gasteiger partial charge in [0.1, 0.15) is 12.3 Å². The van der Waals surface area contributed by atoms with Crippen LogP contribution >= 0.6 is 0 Å². The fourth-order valence-electron chi connectivity index (χ4n) is 2.38. The van der Waals surface area contributed by atoms with Crippen LogP contribution in [-0.4, -0.2) is 37.8 Å². The Morgan fingerprint density at radius 3 is 2.77 bits per heavy atom. The third kappa shape index (κ3) is 3.28. The van der Waals surface area contributed by atoms with Crippen molar-refractivity contribution in [2.75, 3.05) is 27.4 Å². The molecule has 1 heterocycles. The van der Waals surface area contributed by atoms with Crippen molar-refractivity contribution in [2.24, 2.45) is 0 Å². The summed E-state index contributed by atoms with van der Waals surface area (Å²) in [4.78, 5) is 24.3. The highest BCUT2D eigenvalue weighted by atomic mass is 16.5. The van der Waals surface area contributed by atoms with Crippen LogP contribution < -0.4 is 15.6 Å². The predicted octanol–water partition coefficient (Wildman–Crippen LogP) is 1.08. The van der Waals surface area contributed by atoms with E-state index in [-0.39, 0.29) is 18.0 Å². The summed E-state index contributed by atoms with van der Waals surface area (Å²) < 4.78 is 11.7. The van der Waals surface area contributed by atoms with Crippen LogP contribution in [0, 0.1) is 6.92 Å². The quantitative estimate of drug-likeness (QED) is 0.811. The van der Waals surface area contributed by atoms with Crippen molar-refractivity contribution < 1.29 is 14.3 Å². The molecule has 22 heavy (non-hydrogen) atoms. The molecule has 0 unspecified atom stereocenters. The first-order chi connectivity index (χ1) is 10.6. The number of aryl methyl sites for hydroxylation is 1. The molecule has 0 aliphatic carbocycles. The van der Waals surface area contributed by atoms with Gasteiger partial charge >= 0.3 is 0 Å². The number of amides is 1. The van der Waals surface area contributed by atoms with Crippen LogP contribution in [0.1, 0.15) is 5.56 Å². The molecule has 118 valence electrons. The van der Waals surface area contributed by atoms with Gasteiger partial charge in [-0.1, -0.05) is 12.1 Å². The van der Waals surface area contributed by atoms with Gasteiger partial charge in [0.05, 0.1) is 19.2 Å². The van der Waals surface area contributed by atoms with E-state index in [2.05, 4.69) is 5.32 Å². The number of nitrogens with zero attached hydrogens (tertiary/aromatic N) is 1. The summed E-state index contributed by atoms with van der Waals surface area (Å²) in [5, 5.41) is 3.60. The molecular formula is C16H20N2O4. The Balaban J connectivity index is 2.44. The minimum absolute atomic E-state index is 0.0559. The van der Waals surface area contributed by atoms with Crippen molar-refractivity contribution >= 4 is 16.8 Å². The third-order valence-electron chi connectivity index (χ3n) is 3.45. The number of rotatable bonds is 6.